The number of alkyl halides is 1. The molecule has 0 spiro atoms. The second-order valence-electron chi connectivity index (χ2n) is 3.03. The maximum absolute atomic E-state index is 10.8. The molecule has 1 aromatic rings. The molecule has 0 amide bonds. The van der Waals surface area contributed by atoms with Crippen LogP contribution in [-0.4, -0.2) is 11.1 Å². The molecule has 0 fully saturated rings. The summed E-state index contributed by atoms with van der Waals surface area (Å²) in [4.78, 5) is 10.8. The maximum atomic E-state index is 10.8. The second kappa shape index (κ2) is 3.92. The van der Waals surface area contributed by atoms with E-state index in [1.54, 1.807) is 6.07 Å². The molecule has 0 aromatic heterocycles. The van der Waals surface area contributed by atoms with Gasteiger partial charge in [0.1, 0.15) is 0 Å². The van der Waals surface area contributed by atoms with Crippen LogP contribution in [0.3, 0.4) is 0 Å². The molecule has 13 heavy (non-hydrogen) atoms. The van der Waals surface area contributed by atoms with Crippen molar-refractivity contribution in [3.63, 3.8) is 0 Å². The van der Waals surface area contributed by atoms with Gasteiger partial charge in [0.15, 0.2) is 0 Å². The highest BCUT2D eigenvalue weighted by molar-refractivity contribution is 9.08. The highest BCUT2D eigenvalue weighted by Crippen LogP contribution is 2.18. The predicted molar refractivity (Wildman–Crippen MR) is 55.5 cm³/mol. The first-order valence-corrected chi connectivity index (χ1v) is 5.07. The molecule has 70 valence electrons. The van der Waals surface area contributed by atoms with Crippen LogP contribution in [0.5, 0.6) is 0 Å². The molecular formula is C10H11BrO2. The number of rotatable bonds is 2. The minimum absolute atomic E-state index is 0.389. The zero-order valence-electron chi connectivity index (χ0n) is 7.60. The first kappa shape index (κ1) is 10.3. The van der Waals surface area contributed by atoms with Crippen molar-refractivity contribution in [1.29, 1.82) is 0 Å². The zero-order chi connectivity index (χ0) is 10.0. The van der Waals surface area contributed by atoms with E-state index in [1.807, 2.05) is 19.9 Å². The lowest BCUT2D eigenvalue weighted by Gasteiger charge is -2.06. The average molecular weight is 243 g/mol. The van der Waals surface area contributed by atoms with Crippen LogP contribution >= 0.6 is 15.9 Å². The van der Waals surface area contributed by atoms with Gasteiger partial charge in [-0.1, -0.05) is 22.0 Å². The van der Waals surface area contributed by atoms with Gasteiger partial charge in [0.25, 0.3) is 0 Å². The van der Waals surface area contributed by atoms with E-state index in [0.717, 1.165) is 16.7 Å². The molecule has 0 saturated carbocycles. The number of carboxylic acids is 1. The van der Waals surface area contributed by atoms with E-state index < -0.39 is 5.97 Å². The highest BCUT2D eigenvalue weighted by atomic mass is 79.9. The van der Waals surface area contributed by atoms with Crippen LogP contribution in [0.15, 0.2) is 12.1 Å². The van der Waals surface area contributed by atoms with Gasteiger partial charge < -0.3 is 5.11 Å². The van der Waals surface area contributed by atoms with E-state index in [4.69, 9.17) is 5.11 Å². The standard InChI is InChI=1S/C10H11BrO2/c1-6-3-8(5-11)9(10(12)13)4-7(6)2/h3-4H,5H2,1-2H3,(H,12,13). The molecule has 0 bridgehead atoms. The van der Waals surface area contributed by atoms with Gasteiger partial charge in [-0.05, 0) is 36.6 Å². The van der Waals surface area contributed by atoms with Crippen molar-refractivity contribution in [3.8, 4) is 0 Å². The molecule has 2 nitrogen and oxygen atoms in total. The van der Waals surface area contributed by atoms with Crippen molar-refractivity contribution >= 4 is 21.9 Å². The largest absolute Gasteiger partial charge is 0.478 e. The second-order valence-corrected chi connectivity index (χ2v) is 3.59. The molecule has 3 heteroatoms. The lowest BCUT2D eigenvalue weighted by molar-refractivity contribution is 0.0696. The Labute approximate surface area is 85.7 Å². The molecule has 1 N–H and O–H groups in total. The molecule has 0 atom stereocenters. The lowest BCUT2D eigenvalue weighted by atomic mass is 10.0. The predicted octanol–water partition coefficient (Wildman–Crippen LogP) is 2.90. The molecule has 0 saturated heterocycles. The monoisotopic (exact) mass is 242 g/mol. The third-order valence-corrected chi connectivity index (χ3v) is 2.70. The first-order valence-electron chi connectivity index (χ1n) is 3.95. The number of hydrogen-bond acceptors (Lipinski definition) is 1. The van der Waals surface area contributed by atoms with Gasteiger partial charge in [-0.3, -0.25) is 0 Å². The molecular weight excluding hydrogens is 232 g/mol. The summed E-state index contributed by atoms with van der Waals surface area (Å²) in [6.45, 7) is 3.90. The van der Waals surface area contributed by atoms with Crippen molar-refractivity contribution in [2.45, 2.75) is 19.2 Å². The first-order chi connectivity index (χ1) is 6.06. The van der Waals surface area contributed by atoms with Crippen molar-refractivity contribution < 1.29 is 9.90 Å². The van der Waals surface area contributed by atoms with E-state index in [1.165, 1.54) is 0 Å². The Hall–Kier alpha value is -0.830. The average Bonchev–Trinajstić information content (AvgIpc) is 2.08. The summed E-state index contributed by atoms with van der Waals surface area (Å²) in [7, 11) is 0. The summed E-state index contributed by atoms with van der Waals surface area (Å²) in [5, 5.41) is 9.47. The normalized spacial score (nSPS) is 10.1. The number of halogens is 1. The molecule has 1 rings (SSSR count). The number of carboxylic acid groups (broad SMARTS) is 1. The number of hydrogen-bond donors (Lipinski definition) is 1. The van der Waals surface area contributed by atoms with E-state index in [0.29, 0.717) is 10.9 Å². The number of benzene rings is 1. The third-order valence-electron chi connectivity index (χ3n) is 2.09. The summed E-state index contributed by atoms with van der Waals surface area (Å²) in [5.74, 6) is -0.863. The van der Waals surface area contributed by atoms with Crippen LogP contribution in [0, 0.1) is 13.8 Å². The van der Waals surface area contributed by atoms with Gasteiger partial charge in [0.05, 0.1) is 5.56 Å². The summed E-state index contributed by atoms with van der Waals surface area (Å²) in [5.41, 5.74) is 3.36. The fourth-order valence-corrected chi connectivity index (χ4v) is 1.65. The molecule has 0 aliphatic carbocycles. The Kier molecular flexibility index (Phi) is 3.09. The topological polar surface area (TPSA) is 37.3 Å². The van der Waals surface area contributed by atoms with Crippen molar-refractivity contribution in [2.24, 2.45) is 0 Å². The van der Waals surface area contributed by atoms with Gasteiger partial charge in [0, 0.05) is 5.33 Å². The van der Waals surface area contributed by atoms with Crippen LogP contribution in [-0.2, 0) is 5.33 Å². The van der Waals surface area contributed by atoms with Gasteiger partial charge in [0.2, 0.25) is 0 Å². The molecule has 1 aromatic carbocycles. The minimum atomic E-state index is -0.863. The molecule has 0 heterocycles. The molecule has 0 aliphatic heterocycles. The highest BCUT2D eigenvalue weighted by Gasteiger charge is 2.10. The smallest absolute Gasteiger partial charge is 0.336 e. The maximum Gasteiger partial charge on any atom is 0.336 e. The van der Waals surface area contributed by atoms with E-state index in [9.17, 15) is 4.79 Å². The SMILES string of the molecule is Cc1cc(CBr)c(C(=O)O)cc1C. The molecule has 0 unspecified atom stereocenters. The number of aryl methyl sites for hydroxylation is 2. The lowest BCUT2D eigenvalue weighted by Crippen LogP contribution is -2.02. The summed E-state index contributed by atoms with van der Waals surface area (Å²) < 4.78 is 0. The van der Waals surface area contributed by atoms with Crippen LogP contribution < -0.4 is 0 Å². The molecule has 0 aliphatic rings. The Bertz CT molecular complexity index is 345. The quantitative estimate of drug-likeness (QED) is 0.811. The van der Waals surface area contributed by atoms with Gasteiger partial charge in [-0.15, -0.1) is 0 Å². The van der Waals surface area contributed by atoms with E-state index in [-0.39, 0.29) is 0 Å². The van der Waals surface area contributed by atoms with Crippen LogP contribution in [0.4, 0.5) is 0 Å². The van der Waals surface area contributed by atoms with E-state index in [2.05, 4.69) is 15.9 Å². The Morgan fingerprint density at radius 1 is 1.38 bits per heavy atom. The number of aromatic carboxylic acids is 1. The summed E-state index contributed by atoms with van der Waals surface area (Å²) in [6.07, 6.45) is 0. The Balaban J connectivity index is 3.33. The van der Waals surface area contributed by atoms with Crippen LogP contribution in [0.1, 0.15) is 27.0 Å². The van der Waals surface area contributed by atoms with E-state index >= 15 is 0 Å². The van der Waals surface area contributed by atoms with Gasteiger partial charge >= 0.3 is 5.97 Å². The van der Waals surface area contributed by atoms with Gasteiger partial charge in [-0.2, -0.15) is 0 Å². The molecule has 0 radical (unpaired) electrons. The zero-order valence-corrected chi connectivity index (χ0v) is 9.18. The van der Waals surface area contributed by atoms with Gasteiger partial charge in [-0.25, -0.2) is 4.79 Å². The van der Waals surface area contributed by atoms with Crippen LogP contribution in [0.2, 0.25) is 0 Å². The Morgan fingerprint density at radius 2 is 1.92 bits per heavy atom. The number of carbonyl (C=O) groups is 1. The fraction of sp³-hybridized carbons (Fsp3) is 0.300. The van der Waals surface area contributed by atoms with Crippen molar-refractivity contribution in [3.05, 3.63) is 34.4 Å². The summed E-state index contributed by atoms with van der Waals surface area (Å²) in [6, 6.07) is 3.63. The fourth-order valence-electron chi connectivity index (χ4n) is 1.19. The summed E-state index contributed by atoms with van der Waals surface area (Å²) >= 11 is 3.27. The van der Waals surface area contributed by atoms with Crippen molar-refractivity contribution in [1.82, 2.24) is 0 Å². The van der Waals surface area contributed by atoms with Crippen molar-refractivity contribution in [2.75, 3.05) is 0 Å². The van der Waals surface area contributed by atoms with Crippen LogP contribution in [0.25, 0.3) is 0 Å². The minimum Gasteiger partial charge on any atom is -0.478 e. The third kappa shape index (κ3) is 2.10. The Morgan fingerprint density at radius 3 is 2.38 bits per heavy atom.